The molecule has 0 saturated carbocycles. The molecule has 0 radical (unpaired) electrons. The van der Waals surface area contributed by atoms with Gasteiger partial charge in [0, 0.05) is 6.54 Å². The number of amides is 1. The Balaban J connectivity index is 2.34. The fourth-order valence-electron chi connectivity index (χ4n) is 1.38. The maximum Gasteiger partial charge on any atom is 0.207 e. The van der Waals surface area contributed by atoms with Crippen molar-refractivity contribution in [1.82, 2.24) is 5.32 Å². The third-order valence-electron chi connectivity index (χ3n) is 2.14. The molecule has 82 valence electrons. The molecule has 0 saturated heterocycles. The molecule has 0 heterocycles. The second-order valence-corrected chi connectivity index (χ2v) is 3.54. The lowest BCUT2D eigenvalue weighted by Gasteiger charge is -2.09. The number of nitrogens with one attached hydrogen (secondary N) is 1. The molecule has 0 unspecified atom stereocenters. The Bertz CT molecular complexity index is 323. The first-order valence-electron chi connectivity index (χ1n) is 5.11. The average molecular weight is 207 g/mol. The van der Waals surface area contributed by atoms with Gasteiger partial charge in [-0.1, -0.05) is 17.7 Å². The standard InChI is InChI=1S/C12H17NO2/c1-10-4-5-12(11(2)8-10)15-7-3-6-13-9-14/h4-5,8-9H,3,6-7H2,1-2H3,(H,13,14). The number of hydrogen-bond acceptors (Lipinski definition) is 2. The number of benzene rings is 1. The first kappa shape index (κ1) is 11.6. The van der Waals surface area contributed by atoms with Crippen molar-refractivity contribution >= 4 is 6.41 Å². The van der Waals surface area contributed by atoms with E-state index in [4.69, 9.17) is 4.74 Å². The fourth-order valence-corrected chi connectivity index (χ4v) is 1.38. The average Bonchev–Trinajstić information content (AvgIpc) is 2.20. The van der Waals surface area contributed by atoms with Gasteiger partial charge in [-0.15, -0.1) is 0 Å². The molecule has 1 amide bonds. The molecule has 3 nitrogen and oxygen atoms in total. The van der Waals surface area contributed by atoms with E-state index in [1.807, 2.05) is 19.1 Å². The van der Waals surface area contributed by atoms with Crippen LogP contribution in [-0.2, 0) is 4.79 Å². The van der Waals surface area contributed by atoms with Crippen molar-refractivity contribution in [2.45, 2.75) is 20.3 Å². The van der Waals surface area contributed by atoms with E-state index in [0.717, 1.165) is 17.7 Å². The molecule has 0 spiro atoms. The summed E-state index contributed by atoms with van der Waals surface area (Å²) in [4.78, 5) is 9.98. The lowest BCUT2D eigenvalue weighted by Crippen LogP contribution is -2.15. The Morgan fingerprint density at radius 1 is 1.40 bits per heavy atom. The zero-order valence-corrected chi connectivity index (χ0v) is 9.25. The monoisotopic (exact) mass is 207 g/mol. The van der Waals surface area contributed by atoms with Gasteiger partial charge in [-0.2, -0.15) is 0 Å². The molecule has 0 aromatic heterocycles. The minimum atomic E-state index is 0.630. The predicted octanol–water partition coefficient (Wildman–Crippen LogP) is 1.82. The zero-order valence-electron chi connectivity index (χ0n) is 9.25. The van der Waals surface area contributed by atoms with Gasteiger partial charge in [0.1, 0.15) is 5.75 Å². The summed E-state index contributed by atoms with van der Waals surface area (Å²) in [5, 5.41) is 2.60. The van der Waals surface area contributed by atoms with Crippen LogP contribution >= 0.6 is 0 Å². The van der Waals surface area contributed by atoms with Crippen LogP contribution in [0.2, 0.25) is 0 Å². The fraction of sp³-hybridized carbons (Fsp3) is 0.417. The Labute approximate surface area is 90.4 Å². The second-order valence-electron chi connectivity index (χ2n) is 3.54. The van der Waals surface area contributed by atoms with Gasteiger partial charge >= 0.3 is 0 Å². The van der Waals surface area contributed by atoms with Gasteiger partial charge < -0.3 is 10.1 Å². The summed E-state index contributed by atoms with van der Waals surface area (Å²) in [6.07, 6.45) is 1.53. The molecule has 1 rings (SSSR count). The van der Waals surface area contributed by atoms with Gasteiger partial charge in [-0.05, 0) is 31.9 Å². The van der Waals surface area contributed by atoms with Crippen LogP contribution in [0.5, 0.6) is 5.75 Å². The molecule has 1 aromatic rings. The molecule has 3 heteroatoms. The lowest BCUT2D eigenvalue weighted by atomic mass is 10.1. The van der Waals surface area contributed by atoms with E-state index < -0.39 is 0 Å². The molecule has 1 N–H and O–H groups in total. The minimum absolute atomic E-state index is 0.630. The van der Waals surface area contributed by atoms with Crippen molar-refractivity contribution in [2.24, 2.45) is 0 Å². The molecule has 0 aliphatic carbocycles. The van der Waals surface area contributed by atoms with Crippen LogP contribution in [0.15, 0.2) is 18.2 Å². The van der Waals surface area contributed by atoms with Gasteiger partial charge in [-0.25, -0.2) is 0 Å². The number of ether oxygens (including phenoxy) is 1. The molecule has 0 aliphatic heterocycles. The number of carbonyl (C=O) groups excluding carboxylic acids is 1. The van der Waals surface area contributed by atoms with Gasteiger partial charge in [0.25, 0.3) is 0 Å². The Kier molecular flexibility index (Phi) is 4.68. The van der Waals surface area contributed by atoms with Gasteiger partial charge in [0.05, 0.1) is 6.61 Å². The number of hydrogen-bond donors (Lipinski definition) is 1. The van der Waals surface area contributed by atoms with Gasteiger partial charge in [0.2, 0.25) is 6.41 Å². The van der Waals surface area contributed by atoms with Crippen molar-refractivity contribution in [3.05, 3.63) is 29.3 Å². The van der Waals surface area contributed by atoms with E-state index in [0.29, 0.717) is 19.6 Å². The van der Waals surface area contributed by atoms with Crippen molar-refractivity contribution < 1.29 is 9.53 Å². The third kappa shape index (κ3) is 4.02. The van der Waals surface area contributed by atoms with Crippen molar-refractivity contribution in [1.29, 1.82) is 0 Å². The topological polar surface area (TPSA) is 38.3 Å². The van der Waals surface area contributed by atoms with Crippen LogP contribution in [0.1, 0.15) is 17.5 Å². The summed E-state index contributed by atoms with van der Waals surface area (Å²) in [7, 11) is 0. The Morgan fingerprint density at radius 3 is 2.87 bits per heavy atom. The maximum atomic E-state index is 9.98. The first-order chi connectivity index (χ1) is 7.24. The van der Waals surface area contributed by atoms with Crippen LogP contribution in [0.25, 0.3) is 0 Å². The van der Waals surface area contributed by atoms with E-state index in [2.05, 4.69) is 18.3 Å². The van der Waals surface area contributed by atoms with E-state index in [-0.39, 0.29) is 0 Å². The van der Waals surface area contributed by atoms with Crippen molar-refractivity contribution in [3.63, 3.8) is 0 Å². The molecule has 0 bridgehead atoms. The van der Waals surface area contributed by atoms with E-state index in [1.165, 1.54) is 5.56 Å². The number of aryl methyl sites for hydroxylation is 2. The largest absolute Gasteiger partial charge is 0.493 e. The zero-order chi connectivity index (χ0) is 11.1. The van der Waals surface area contributed by atoms with Gasteiger partial charge in [-0.3, -0.25) is 4.79 Å². The summed E-state index contributed by atoms with van der Waals surface area (Å²) < 4.78 is 5.58. The quantitative estimate of drug-likeness (QED) is 0.570. The molecule has 0 fully saturated rings. The summed E-state index contributed by atoms with van der Waals surface area (Å²) in [5.41, 5.74) is 2.39. The summed E-state index contributed by atoms with van der Waals surface area (Å²) >= 11 is 0. The second kappa shape index (κ2) is 6.06. The highest BCUT2D eigenvalue weighted by atomic mass is 16.5. The number of rotatable bonds is 6. The first-order valence-corrected chi connectivity index (χ1v) is 5.11. The highest BCUT2D eigenvalue weighted by Crippen LogP contribution is 2.18. The Morgan fingerprint density at radius 2 is 2.20 bits per heavy atom. The molecule has 1 aromatic carbocycles. The molecular formula is C12H17NO2. The molecule has 15 heavy (non-hydrogen) atoms. The van der Waals surface area contributed by atoms with Crippen molar-refractivity contribution in [2.75, 3.05) is 13.2 Å². The number of carbonyl (C=O) groups is 1. The van der Waals surface area contributed by atoms with Crippen LogP contribution in [0.3, 0.4) is 0 Å². The molecular weight excluding hydrogens is 190 g/mol. The van der Waals surface area contributed by atoms with Crippen molar-refractivity contribution in [3.8, 4) is 5.75 Å². The third-order valence-corrected chi connectivity index (χ3v) is 2.14. The van der Waals surface area contributed by atoms with E-state index >= 15 is 0 Å². The summed E-state index contributed by atoms with van der Waals surface area (Å²) in [6.45, 7) is 5.38. The normalized spacial score (nSPS) is 9.73. The molecule has 0 atom stereocenters. The van der Waals surface area contributed by atoms with Crippen LogP contribution in [0, 0.1) is 13.8 Å². The maximum absolute atomic E-state index is 9.98. The van der Waals surface area contributed by atoms with E-state index in [1.54, 1.807) is 0 Å². The van der Waals surface area contributed by atoms with Crippen LogP contribution in [0.4, 0.5) is 0 Å². The molecule has 0 aliphatic rings. The smallest absolute Gasteiger partial charge is 0.207 e. The highest BCUT2D eigenvalue weighted by Gasteiger charge is 1.98. The minimum Gasteiger partial charge on any atom is -0.493 e. The summed E-state index contributed by atoms with van der Waals surface area (Å²) in [5.74, 6) is 0.923. The van der Waals surface area contributed by atoms with Gasteiger partial charge in [0.15, 0.2) is 0 Å². The highest BCUT2D eigenvalue weighted by molar-refractivity contribution is 5.45. The van der Waals surface area contributed by atoms with Crippen LogP contribution < -0.4 is 10.1 Å². The van der Waals surface area contributed by atoms with Crippen LogP contribution in [-0.4, -0.2) is 19.6 Å². The Hall–Kier alpha value is -1.51. The predicted molar refractivity (Wildman–Crippen MR) is 60.1 cm³/mol. The summed E-state index contributed by atoms with van der Waals surface area (Å²) in [6, 6.07) is 6.11. The SMILES string of the molecule is Cc1ccc(OCCCNC=O)c(C)c1. The lowest BCUT2D eigenvalue weighted by molar-refractivity contribution is -0.109. The van der Waals surface area contributed by atoms with E-state index in [9.17, 15) is 4.79 Å².